The van der Waals surface area contributed by atoms with Crippen LogP contribution in [0.2, 0.25) is 0 Å². The molecule has 4 nitrogen and oxygen atoms in total. The Bertz CT molecular complexity index is 1060. The highest BCUT2D eigenvalue weighted by molar-refractivity contribution is 7.93. The molecule has 29 heavy (non-hydrogen) atoms. The van der Waals surface area contributed by atoms with Crippen LogP contribution in [0.3, 0.4) is 0 Å². The molecular formula is C18H12F6O4S. The van der Waals surface area contributed by atoms with Gasteiger partial charge in [-0.3, -0.25) is 4.79 Å². The van der Waals surface area contributed by atoms with Gasteiger partial charge in [0, 0.05) is 0 Å². The Labute approximate surface area is 160 Å². The first-order valence-corrected chi connectivity index (χ1v) is 9.64. The van der Waals surface area contributed by atoms with Crippen molar-refractivity contribution >= 4 is 15.6 Å². The van der Waals surface area contributed by atoms with Crippen molar-refractivity contribution in [1.82, 2.24) is 0 Å². The number of rotatable bonds is 2. The zero-order valence-electron chi connectivity index (χ0n) is 14.2. The van der Waals surface area contributed by atoms with E-state index in [1.54, 1.807) is 0 Å². The second kappa shape index (κ2) is 6.84. The van der Waals surface area contributed by atoms with Crippen LogP contribution in [-0.4, -0.2) is 25.4 Å². The van der Waals surface area contributed by atoms with Crippen molar-refractivity contribution in [3.8, 4) is 0 Å². The topological polar surface area (TPSA) is 71.4 Å². The average Bonchev–Trinajstić information content (AvgIpc) is 2.78. The summed E-state index contributed by atoms with van der Waals surface area (Å²) in [5.74, 6) is -1.30. The molecule has 2 aromatic rings. The summed E-state index contributed by atoms with van der Waals surface area (Å²) >= 11 is 0. The van der Waals surface area contributed by atoms with Gasteiger partial charge in [-0.2, -0.15) is 26.3 Å². The van der Waals surface area contributed by atoms with Crippen LogP contribution in [0.1, 0.15) is 32.8 Å². The lowest BCUT2D eigenvalue weighted by Crippen LogP contribution is -2.22. The number of benzene rings is 2. The van der Waals surface area contributed by atoms with Gasteiger partial charge in [0.25, 0.3) is 0 Å². The van der Waals surface area contributed by atoms with Gasteiger partial charge in [0.2, 0.25) is 0 Å². The minimum Gasteiger partial charge on any atom is -0.384 e. The van der Waals surface area contributed by atoms with Gasteiger partial charge >= 0.3 is 12.4 Å². The maximum Gasteiger partial charge on any atom is 0.416 e. The molecule has 2 aromatic carbocycles. The van der Waals surface area contributed by atoms with Crippen molar-refractivity contribution in [2.75, 3.05) is 0 Å². The Kier molecular flexibility index (Phi) is 5.02. The van der Waals surface area contributed by atoms with Gasteiger partial charge in [0.05, 0.1) is 11.1 Å². The number of aliphatic hydroxyl groups excluding tert-OH is 1. The van der Waals surface area contributed by atoms with Crippen LogP contribution < -0.4 is 0 Å². The predicted molar refractivity (Wildman–Crippen MR) is 88.3 cm³/mol. The van der Waals surface area contributed by atoms with Gasteiger partial charge < -0.3 is 5.11 Å². The van der Waals surface area contributed by atoms with Crippen LogP contribution in [0.15, 0.2) is 48.5 Å². The van der Waals surface area contributed by atoms with Crippen LogP contribution >= 0.6 is 0 Å². The van der Waals surface area contributed by atoms with Gasteiger partial charge in [0.15, 0.2) is 15.6 Å². The average molecular weight is 438 g/mol. The predicted octanol–water partition coefficient (Wildman–Crippen LogP) is 3.87. The quantitative estimate of drug-likeness (QED) is 0.723. The van der Waals surface area contributed by atoms with Gasteiger partial charge in [-0.05, 0) is 23.3 Å². The number of sulfone groups is 1. The first kappa shape index (κ1) is 21.3. The van der Waals surface area contributed by atoms with Crippen molar-refractivity contribution in [2.45, 2.75) is 29.0 Å². The molecule has 11 heteroatoms. The third-order valence-corrected chi connectivity index (χ3v) is 6.98. The molecule has 3 rings (SSSR count). The summed E-state index contributed by atoms with van der Waals surface area (Å²) in [6.45, 7) is 0. The number of hydrogen-bond acceptors (Lipinski definition) is 4. The summed E-state index contributed by atoms with van der Waals surface area (Å²) in [6, 6.07) is 6.14. The molecular weight excluding hydrogens is 426 g/mol. The third kappa shape index (κ3) is 3.76. The zero-order chi connectivity index (χ0) is 21.8. The molecule has 1 heterocycles. The number of Topliss-reactive ketones (excluding diaryl/α,β-unsaturated/α-hetero) is 1. The Morgan fingerprint density at radius 3 is 1.72 bits per heavy atom. The first-order chi connectivity index (χ1) is 13.2. The molecule has 0 bridgehead atoms. The van der Waals surface area contributed by atoms with E-state index in [1.807, 2.05) is 0 Å². The van der Waals surface area contributed by atoms with E-state index < -0.39 is 66.8 Å². The lowest BCUT2D eigenvalue weighted by Gasteiger charge is -2.16. The zero-order valence-corrected chi connectivity index (χ0v) is 15.0. The van der Waals surface area contributed by atoms with E-state index in [1.165, 1.54) is 0 Å². The summed E-state index contributed by atoms with van der Waals surface area (Å²) in [5, 5.41) is 6.01. The van der Waals surface area contributed by atoms with E-state index in [0.29, 0.717) is 24.3 Å². The second-order valence-electron chi connectivity index (χ2n) is 6.48. The molecule has 0 amide bonds. The fraction of sp³-hybridized carbons (Fsp3) is 0.278. The van der Waals surface area contributed by atoms with Gasteiger partial charge in [-0.15, -0.1) is 0 Å². The minimum atomic E-state index is -4.81. The van der Waals surface area contributed by atoms with Crippen molar-refractivity contribution in [2.24, 2.45) is 0 Å². The Balaban J connectivity index is 2.11. The molecule has 1 saturated heterocycles. The van der Waals surface area contributed by atoms with E-state index in [-0.39, 0.29) is 0 Å². The second-order valence-corrected chi connectivity index (χ2v) is 8.64. The van der Waals surface area contributed by atoms with Crippen LogP contribution in [0.4, 0.5) is 26.3 Å². The number of ketones is 1. The monoisotopic (exact) mass is 438 g/mol. The molecule has 0 aromatic heterocycles. The van der Waals surface area contributed by atoms with Crippen molar-refractivity contribution < 1.29 is 44.7 Å². The number of carbonyl (C=O) groups is 1. The molecule has 3 unspecified atom stereocenters. The highest BCUT2D eigenvalue weighted by Gasteiger charge is 2.55. The van der Waals surface area contributed by atoms with Crippen LogP contribution in [0.25, 0.3) is 0 Å². The highest BCUT2D eigenvalue weighted by Crippen LogP contribution is 2.46. The summed E-state index contributed by atoms with van der Waals surface area (Å²) < 4.78 is 103. The maximum atomic E-state index is 12.9. The molecule has 0 radical (unpaired) electrons. The molecule has 1 N–H and O–H groups in total. The molecule has 1 fully saturated rings. The van der Waals surface area contributed by atoms with E-state index in [2.05, 4.69) is 0 Å². The fourth-order valence-electron chi connectivity index (χ4n) is 3.29. The lowest BCUT2D eigenvalue weighted by atomic mass is 9.98. The number of hydrogen-bond donors (Lipinski definition) is 1. The first-order valence-electron chi connectivity index (χ1n) is 8.03. The van der Waals surface area contributed by atoms with E-state index in [9.17, 15) is 44.7 Å². The number of aliphatic hydroxyl groups is 1. The maximum absolute atomic E-state index is 12.9. The van der Waals surface area contributed by atoms with Crippen molar-refractivity contribution in [1.29, 1.82) is 0 Å². The molecule has 3 atom stereocenters. The van der Waals surface area contributed by atoms with E-state index in [4.69, 9.17) is 0 Å². The van der Waals surface area contributed by atoms with Crippen molar-refractivity contribution in [3.63, 3.8) is 0 Å². The summed E-state index contributed by atoms with van der Waals surface area (Å²) in [7, 11) is -4.69. The van der Waals surface area contributed by atoms with E-state index >= 15 is 0 Å². The minimum absolute atomic E-state index is 0.474. The standard InChI is InChI=1S/C18H12F6O4S/c19-17(20,21)11-5-1-3-9(7-11)15-13(25)14(26)16(29(15,27)28)10-4-2-6-12(8-10)18(22,23)24/h1-8,13,15-16,25H. The van der Waals surface area contributed by atoms with Crippen molar-refractivity contribution in [3.05, 3.63) is 70.8 Å². The smallest absolute Gasteiger partial charge is 0.384 e. The highest BCUT2D eigenvalue weighted by atomic mass is 32.2. The summed E-state index contributed by atoms with van der Waals surface area (Å²) in [4.78, 5) is 12.4. The normalized spacial score (nSPS) is 24.7. The van der Waals surface area contributed by atoms with Gasteiger partial charge in [-0.25, -0.2) is 8.42 Å². The Hall–Kier alpha value is -2.40. The molecule has 0 saturated carbocycles. The molecule has 1 aliphatic heterocycles. The molecule has 0 spiro atoms. The lowest BCUT2D eigenvalue weighted by molar-refractivity contribution is -0.138. The number of carbonyl (C=O) groups excluding carboxylic acids is 1. The van der Waals surface area contributed by atoms with Crippen LogP contribution in [0, 0.1) is 0 Å². The molecule has 0 aliphatic carbocycles. The number of halogens is 6. The van der Waals surface area contributed by atoms with Crippen LogP contribution in [-0.2, 0) is 27.0 Å². The largest absolute Gasteiger partial charge is 0.416 e. The van der Waals surface area contributed by atoms with Gasteiger partial charge in [-0.1, -0.05) is 36.4 Å². The summed E-state index contributed by atoms with van der Waals surface area (Å²) in [6.07, 6.45) is -11.8. The molecule has 1 aliphatic rings. The SMILES string of the molecule is O=C1C(O)C(c2cccc(C(F)(F)F)c2)S(=O)(=O)C1c1cccc(C(F)(F)F)c1. The fourth-order valence-corrected chi connectivity index (χ4v) is 5.59. The number of alkyl halides is 6. The Morgan fingerprint density at radius 1 is 0.793 bits per heavy atom. The third-order valence-electron chi connectivity index (χ3n) is 4.58. The molecule has 156 valence electrons. The van der Waals surface area contributed by atoms with E-state index in [0.717, 1.165) is 24.3 Å². The summed E-state index contributed by atoms with van der Waals surface area (Å²) in [5.41, 5.74) is -3.38. The van der Waals surface area contributed by atoms with Crippen LogP contribution in [0.5, 0.6) is 0 Å². The van der Waals surface area contributed by atoms with Gasteiger partial charge in [0.1, 0.15) is 16.6 Å². The Morgan fingerprint density at radius 2 is 1.24 bits per heavy atom.